The van der Waals surface area contributed by atoms with Gasteiger partial charge < -0.3 is 15.0 Å². The highest BCUT2D eigenvalue weighted by atomic mass is 16.3. The number of carbonyl (C=O) groups is 1. The van der Waals surface area contributed by atoms with E-state index >= 15 is 0 Å². The molecule has 0 aliphatic rings. The molecule has 0 bridgehead atoms. The first-order valence-electron chi connectivity index (χ1n) is 9.02. The molecule has 0 aromatic heterocycles. The number of carbonyl (C=O) groups excluding carboxylic acids is 1. The molecule has 3 heteroatoms. The Hall–Kier alpha value is -0.410. The van der Waals surface area contributed by atoms with Crippen LogP contribution in [0.4, 0.5) is 0 Å². The minimum Gasteiger partial charge on any atom is -0.390 e. The van der Waals surface area contributed by atoms with Gasteiger partial charge in [0.05, 0.1) is 12.2 Å². The van der Waals surface area contributed by atoms with Gasteiger partial charge in [-0.25, -0.2) is 0 Å². The third-order valence-corrected chi connectivity index (χ3v) is 4.12. The van der Waals surface area contributed by atoms with E-state index in [2.05, 4.69) is 6.92 Å². The Kier molecular flexibility index (Phi) is 15.7. The molecule has 0 spiro atoms. The molecule has 2 N–H and O–H groups in total. The Morgan fingerprint density at radius 3 is 1.62 bits per heavy atom. The summed E-state index contributed by atoms with van der Waals surface area (Å²) in [5, 5.41) is 19.7. The molecule has 0 amide bonds. The second-order valence-electron chi connectivity index (χ2n) is 6.20. The number of rotatable bonds is 16. The smallest absolute Gasteiger partial charge is 0.119 e. The molecule has 0 rings (SSSR count). The van der Waals surface area contributed by atoms with Crippen LogP contribution in [0.15, 0.2) is 0 Å². The van der Waals surface area contributed by atoms with E-state index in [-0.39, 0.29) is 0 Å². The van der Waals surface area contributed by atoms with Crippen molar-refractivity contribution in [3.8, 4) is 0 Å². The standard InChI is InChI=1S/C18H36O3/c1-2-3-11-14-17(20)18(21)15-12-9-7-5-4-6-8-10-13-16-19/h16-18,20-21H,2-15H2,1H3. The van der Waals surface area contributed by atoms with Crippen LogP contribution < -0.4 is 0 Å². The van der Waals surface area contributed by atoms with Crippen molar-refractivity contribution in [2.24, 2.45) is 0 Å². The van der Waals surface area contributed by atoms with Crippen LogP contribution in [-0.4, -0.2) is 28.7 Å². The Morgan fingerprint density at radius 2 is 1.14 bits per heavy atom. The number of aldehydes is 1. The summed E-state index contributed by atoms with van der Waals surface area (Å²) >= 11 is 0. The topological polar surface area (TPSA) is 57.5 Å². The first-order chi connectivity index (χ1) is 10.2. The molecule has 0 radical (unpaired) electrons. The van der Waals surface area contributed by atoms with Crippen molar-refractivity contribution >= 4 is 6.29 Å². The zero-order chi connectivity index (χ0) is 15.8. The molecule has 21 heavy (non-hydrogen) atoms. The summed E-state index contributed by atoms with van der Waals surface area (Å²) in [7, 11) is 0. The van der Waals surface area contributed by atoms with Gasteiger partial charge in [0.2, 0.25) is 0 Å². The van der Waals surface area contributed by atoms with E-state index in [1.165, 1.54) is 32.1 Å². The highest BCUT2D eigenvalue weighted by molar-refractivity contribution is 5.48. The molecule has 0 heterocycles. The third-order valence-electron chi connectivity index (χ3n) is 4.12. The molecule has 2 atom stereocenters. The van der Waals surface area contributed by atoms with Crippen molar-refractivity contribution in [1.29, 1.82) is 0 Å². The Bertz CT molecular complexity index is 219. The molecule has 2 unspecified atom stereocenters. The quantitative estimate of drug-likeness (QED) is 0.328. The van der Waals surface area contributed by atoms with Crippen molar-refractivity contribution in [2.45, 2.75) is 109 Å². The highest BCUT2D eigenvalue weighted by Crippen LogP contribution is 2.14. The molecule has 126 valence electrons. The Balaban J connectivity index is 3.27. The number of unbranched alkanes of at least 4 members (excludes halogenated alkanes) is 10. The van der Waals surface area contributed by atoms with Gasteiger partial charge in [-0.3, -0.25) is 0 Å². The van der Waals surface area contributed by atoms with E-state index in [0.717, 1.165) is 57.7 Å². The molecule has 3 nitrogen and oxygen atoms in total. The molecule has 0 aromatic rings. The summed E-state index contributed by atoms with van der Waals surface area (Å²) < 4.78 is 0. The first kappa shape index (κ1) is 20.6. The van der Waals surface area contributed by atoms with E-state index in [9.17, 15) is 15.0 Å². The summed E-state index contributed by atoms with van der Waals surface area (Å²) in [4.78, 5) is 10.2. The van der Waals surface area contributed by atoms with E-state index in [0.29, 0.717) is 6.42 Å². The lowest BCUT2D eigenvalue weighted by molar-refractivity contribution is -0.107. The maximum Gasteiger partial charge on any atom is 0.119 e. The zero-order valence-corrected chi connectivity index (χ0v) is 13.9. The minimum absolute atomic E-state index is 0.533. The van der Waals surface area contributed by atoms with E-state index < -0.39 is 12.2 Å². The van der Waals surface area contributed by atoms with Crippen molar-refractivity contribution in [3.05, 3.63) is 0 Å². The lowest BCUT2D eigenvalue weighted by Gasteiger charge is -2.17. The maximum atomic E-state index is 10.2. The fraction of sp³-hybridized carbons (Fsp3) is 0.944. The summed E-state index contributed by atoms with van der Waals surface area (Å²) in [5.41, 5.74) is 0. The van der Waals surface area contributed by atoms with Crippen LogP contribution in [0, 0.1) is 0 Å². The van der Waals surface area contributed by atoms with Crippen LogP contribution >= 0.6 is 0 Å². The van der Waals surface area contributed by atoms with E-state index in [1.807, 2.05) is 0 Å². The van der Waals surface area contributed by atoms with Gasteiger partial charge in [-0.05, 0) is 19.3 Å². The first-order valence-corrected chi connectivity index (χ1v) is 9.02. The van der Waals surface area contributed by atoms with E-state index in [1.54, 1.807) is 0 Å². The Labute approximate surface area is 131 Å². The van der Waals surface area contributed by atoms with Gasteiger partial charge in [-0.15, -0.1) is 0 Å². The SMILES string of the molecule is CCCCCC(O)C(O)CCCCCCCCCCC=O. The van der Waals surface area contributed by atoms with Gasteiger partial charge >= 0.3 is 0 Å². The maximum absolute atomic E-state index is 10.2. The summed E-state index contributed by atoms with van der Waals surface area (Å²) in [6, 6.07) is 0. The predicted molar refractivity (Wildman–Crippen MR) is 88.4 cm³/mol. The highest BCUT2D eigenvalue weighted by Gasteiger charge is 2.14. The van der Waals surface area contributed by atoms with Crippen molar-refractivity contribution in [2.75, 3.05) is 0 Å². The minimum atomic E-state index is -0.537. The fourth-order valence-corrected chi connectivity index (χ4v) is 2.63. The molecule has 0 aliphatic heterocycles. The van der Waals surface area contributed by atoms with Crippen LogP contribution in [0.1, 0.15) is 96.8 Å². The number of aliphatic hydroxyl groups excluding tert-OH is 2. The van der Waals surface area contributed by atoms with Crippen molar-refractivity contribution in [3.63, 3.8) is 0 Å². The summed E-state index contributed by atoms with van der Waals surface area (Å²) in [6.45, 7) is 2.14. The number of hydrogen-bond acceptors (Lipinski definition) is 3. The summed E-state index contributed by atoms with van der Waals surface area (Å²) in [6.07, 6.45) is 14.7. The monoisotopic (exact) mass is 300 g/mol. The third kappa shape index (κ3) is 14.3. The summed E-state index contributed by atoms with van der Waals surface area (Å²) in [5.74, 6) is 0. The second kappa shape index (κ2) is 16.0. The lowest BCUT2D eigenvalue weighted by Crippen LogP contribution is -2.25. The van der Waals surface area contributed by atoms with Gasteiger partial charge in [-0.2, -0.15) is 0 Å². The lowest BCUT2D eigenvalue weighted by atomic mass is 10.00. The van der Waals surface area contributed by atoms with Crippen molar-refractivity contribution in [1.82, 2.24) is 0 Å². The molecule has 0 fully saturated rings. The van der Waals surface area contributed by atoms with E-state index in [4.69, 9.17) is 0 Å². The number of aliphatic hydroxyl groups is 2. The largest absolute Gasteiger partial charge is 0.390 e. The van der Waals surface area contributed by atoms with Crippen LogP contribution in [-0.2, 0) is 4.79 Å². The zero-order valence-electron chi connectivity index (χ0n) is 13.9. The predicted octanol–water partition coefficient (Wildman–Crippen LogP) is 4.39. The van der Waals surface area contributed by atoms with Crippen LogP contribution in [0.25, 0.3) is 0 Å². The fourth-order valence-electron chi connectivity index (χ4n) is 2.63. The van der Waals surface area contributed by atoms with Gasteiger partial charge in [0.15, 0.2) is 0 Å². The average molecular weight is 300 g/mol. The van der Waals surface area contributed by atoms with Crippen molar-refractivity contribution < 1.29 is 15.0 Å². The average Bonchev–Trinajstić information content (AvgIpc) is 2.49. The van der Waals surface area contributed by atoms with Crippen LogP contribution in [0.2, 0.25) is 0 Å². The molecule has 0 saturated heterocycles. The van der Waals surface area contributed by atoms with Gasteiger partial charge in [0.25, 0.3) is 0 Å². The molecular formula is C18H36O3. The normalized spacial score (nSPS) is 14.0. The van der Waals surface area contributed by atoms with Gasteiger partial charge in [0.1, 0.15) is 6.29 Å². The molecule has 0 saturated carbocycles. The van der Waals surface area contributed by atoms with Gasteiger partial charge in [-0.1, -0.05) is 71.1 Å². The van der Waals surface area contributed by atoms with Crippen LogP contribution in [0.5, 0.6) is 0 Å². The molecular weight excluding hydrogens is 264 g/mol. The second-order valence-corrected chi connectivity index (χ2v) is 6.20. The number of hydrogen-bond donors (Lipinski definition) is 2. The molecule has 0 aliphatic carbocycles. The van der Waals surface area contributed by atoms with Crippen LogP contribution in [0.3, 0.4) is 0 Å². The molecule has 0 aromatic carbocycles. The van der Waals surface area contributed by atoms with Gasteiger partial charge in [0, 0.05) is 6.42 Å². The Morgan fingerprint density at radius 1 is 0.714 bits per heavy atom.